The lowest BCUT2D eigenvalue weighted by Gasteiger charge is -2.14. The first-order chi connectivity index (χ1) is 11.0. The van der Waals surface area contributed by atoms with Crippen LogP contribution in [0.2, 0.25) is 0 Å². The molecule has 0 fully saturated rings. The van der Waals surface area contributed by atoms with Crippen molar-refractivity contribution in [2.75, 3.05) is 24.3 Å². The number of aryl methyl sites for hydroxylation is 3. The molecule has 1 amide bonds. The van der Waals surface area contributed by atoms with Crippen LogP contribution in [0.4, 0.5) is 11.4 Å². The van der Waals surface area contributed by atoms with Crippen molar-refractivity contribution in [3.8, 4) is 0 Å². The first-order valence-corrected chi connectivity index (χ1v) is 8.16. The summed E-state index contributed by atoms with van der Waals surface area (Å²) in [6.07, 6.45) is 2.18. The number of para-hydroxylation sites is 1. The second-order valence-electron chi connectivity index (χ2n) is 6.07. The minimum absolute atomic E-state index is 0.0747. The van der Waals surface area contributed by atoms with Gasteiger partial charge in [-0.3, -0.25) is 4.79 Å². The molecule has 2 aromatic carbocycles. The summed E-state index contributed by atoms with van der Waals surface area (Å²) in [6.45, 7) is 4.14. The Morgan fingerprint density at radius 1 is 1.09 bits per heavy atom. The van der Waals surface area contributed by atoms with Crippen molar-refractivity contribution in [3.05, 3.63) is 59.2 Å². The summed E-state index contributed by atoms with van der Waals surface area (Å²) in [7, 11) is 4.05. The van der Waals surface area contributed by atoms with Crippen molar-refractivity contribution in [1.82, 2.24) is 0 Å². The lowest BCUT2D eigenvalue weighted by molar-refractivity contribution is -0.116. The Kier molecular flexibility index (Phi) is 5.80. The van der Waals surface area contributed by atoms with Gasteiger partial charge in [0, 0.05) is 31.9 Å². The molecule has 23 heavy (non-hydrogen) atoms. The molecule has 0 aromatic heterocycles. The van der Waals surface area contributed by atoms with Crippen molar-refractivity contribution in [2.24, 2.45) is 0 Å². The SMILES string of the molecule is CCc1cccc(C)c1NC(=O)CCc1ccc(N(C)C)cc1. The number of nitrogens with zero attached hydrogens (tertiary/aromatic N) is 1. The number of nitrogens with one attached hydrogen (secondary N) is 1. The molecule has 3 heteroatoms. The third-order valence-corrected chi connectivity index (χ3v) is 4.10. The van der Waals surface area contributed by atoms with Crippen LogP contribution >= 0.6 is 0 Å². The molecule has 0 bridgehead atoms. The van der Waals surface area contributed by atoms with Gasteiger partial charge in [0.2, 0.25) is 5.91 Å². The van der Waals surface area contributed by atoms with Gasteiger partial charge in [0.25, 0.3) is 0 Å². The van der Waals surface area contributed by atoms with Gasteiger partial charge >= 0.3 is 0 Å². The highest BCUT2D eigenvalue weighted by Gasteiger charge is 2.09. The average Bonchev–Trinajstić information content (AvgIpc) is 2.55. The number of benzene rings is 2. The lowest BCUT2D eigenvalue weighted by atomic mass is 10.0. The molecule has 122 valence electrons. The summed E-state index contributed by atoms with van der Waals surface area (Å²) >= 11 is 0. The number of hydrogen-bond donors (Lipinski definition) is 1. The van der Waals surface area contributed by atoms with Crippen molar-refractivity contribution >= 4 is 17.3 Å². The molecule has 3 nitrogen and oxygen atoms in total. The molecule has 0 atom stereocenters. The van der Waals surface area contributed by atoms with E-state index in [0.29, 0.717) is 6.42 Å². The highest BCUT2D eigenvalue weighted by atomic mass is 16.1. The van der Waals surface area contributed by atoms with E-state index in [1.54, 1.807) is 0 Å². The second kappa shape index (κ2) is 7.82. The third-order valence-electron chi connectivity index (χ3n) is 4.10. The van der Waals surface area contributed by atoms with E-state index in [-0.39, 0.29) is 5.91 Å². The lowest BCUT2D eigenvalue weighted by Crippen LogP contribution is -2.14. The fraction of sp³-hybridized carbons (Fsp3) is 0.350. The van der Waals surface area contributed by atoms with E-state index >= 15 is 0 Å². The number of carbonyl (C=O) groups is 1. The number of carbonyl (C=O) groups excluding carboxylic acids is 1. The second-order valence-corrected chi connectivity index (χ2v) is 6.07. The molecule has 0 spiro atoms. The monoisotopic (exact) mass is 310 g/mol. The molecule has 0 aliphatic rings. The highest BCUT2D eigenvalue weighted by Crippen LogP contribution is 2.21. The van der Waals surface area contributed by atoms with Crippen LogP contribution < -0.4 is 10.2 Å². The number of anilines is 2. The Labute approximate surface area is 139 Å². The van der Waals surface area contributed by atoms with Crippen molar-refractivity contribution in [1.29, 1.82) is 0 Å². The van der Waals surface area contributed by atoms with Crippen LogP contribution in [-0.2, 0) is 17.6 Å². The molecule has 2 rings (SSSR count). The van der Waals surface area contributed by atoms with Crippen molar-refractivity contribution in [3.63, 3.8) is 0 Å². The van der Waals surface area contributed by atoms with Crippen LogP contribution in [0.5, 0.6) is 0 Å². The van der Waals surface area contributed by atoms with E-state index in [1.165, 1.54) is 16.8 Å². The topological polar surface area (TPSA) is 32.3 Å². The normalized spacial score (nSPS) is 10.4. The van der Waals surface area contributed by atoms with Crippen molar-refractivity contribution in [2.45, 2.75) is 33.1 Å². The van der Waals surface area contributed by atoms with E-state index in [9.17, 15) is 4.79 Å². The van der Waals surface area contributed by atoms with Crippen LogP contribution in [0.1, 0.15) is 30.0 Å². The van der Waals surface area contributed by atoms with Gasteiger partial charge in [-0.1, -0.05) is 37.3 Å². The molecule has 0 radical (unpaired) electrons. The van der Waals surface area contributed by atoms with Crippen LogP contribution in [0.3, 0.4) is 0 Å². The van der Waals surface area contributed by atoms with Crippen LogP contribution in [0.15, 0.2) is 42.5 Å². The van der Waals surface area contributed by atoms with E-state index in [4.69, 9.17) is 0 Å². The van der Waals surface area contributed by atoms with Gasteiger partial charge in [0.1, 0.15) is 0 Å². The molecule has 0 saturated heterocycles. The smallest absolute Gasteiger partial charge is 0.224 e. The number of rotatable bonds is 6. The summed E-state index contributed by atoms with van der Waals surface area (Å²) in [4.78, 5) is 14.3. The predicted octanol–water partition coefficient (Wildman–Crippen LogP) is 4.19. The maximum absolute atomic E-state index is 12.3. The summed E-state index contributed by atoms with van der Waals surface area (Å²) in [6, 6.07) is 14.5. The molecule has 0 aliphatic carbocycles. The quantitative estimate of drug-likeness (QED) is 0.867. The Morgan fingerprint density at radius 2 is 1.78 bits per heavy atom. The number of hydrogen-bond acceptors (Lipinski definition) is 2. The Bertz CT molecular complexity index is 660. The van der Waals surface area contributed by atoms with E-state index < -0.39 is 0 Å². The minimum atomic E-state index is 0.0747. The summed E-state index contributed by atoms with van der Waals surface area (Å²) < 4.78 is 0. The maximum Gasteiger partial charge on any atom is 0.224 e. The molecular weight excluding hydrogens is 284 g/mol. The first-order valence-electron chi connectivity index (χ1n) is 8.16. The van der Waals surface area contributed by atoms with E-state index in [2.05, 4.69) is 47.5 Å². The summed E-state index contributed by atoms with van der Waals surface area (Å²) in [5, 5.41) is 3.08. The van der Waals surface area contributed by atoms with Gasteiger partial charge in [-0.15, -0.1) is 0 Å². The molecule has 2 aromatic rings. The zero-order valence-corrected chi connectivity index (χ0v) is 14.5. The van der Waals surface area contributed by atoms with Gasteiger partial charge in [0.05, 0.1) is 0 Å². The number of amides is 1. The van der Waals surface area contributed by atoms with Gasteiger partial charge in [-0.2, -0.15) is 0 Å². The van der Waals surface area contributed by atoms with Gasteiger partial charge in [-0.25, -0.2) is 0 Å². The minimum Gasteiger partial charge on any atom is -0.378 e. The van der Waals surface area contributed by atoms with E-state index in [1.807, 2.05) is 33.2 Å². The average molecular weight is 310 g/mol. The van der Waals surface area contributed by atoms with Crippen LogP contribution in [0, 0.1) is 6.92 Å². The van der Waals surface area contributed by atoms with Crippen molar-refractivity contribution < 1.29 is 4.79 Å². The molecule has 0 heterocycles. The van der Waals surface area contributed by atoms with Gasteiger partial charge < -0.3 is 10.2 Å². The molecule has 0 saturated carbocycles. The standard InChI is InChI=1S/C20H26N2O/c1-5-17-8-6-7-15(2)20(17)21-19(23)14-11-16-9-12-18(13-10-16)22(3)4/h6-10,12-13H,5,11,14H2,1-4H3,(H,21,23). The zero-order chi connectivity index (χ0) is 16.8. The Morgan fingerprint density at radius 3 is 2.39 bits per heavy atom. The zero-order valence-electron chi connectivity index (χ0n) is 14.5. The molecular formula is C20H26N2O. The molecule has 0 aliphatic heterocycles. The maximum atomic E-state index is 12.3. The van der Waals surface area contributed by atoms with Crippen LogP contribution in [-0.4, -0.2) is 20.0 Å². The first kappa shape index (κ1) is 17.1. The van der Waals surface area contributed by atoms with Gasteiger partial charge in [0.15, 0.2) is 0 Å². The predicted molar refractivity (Wildman–Crippen MR) is 98.3 cm³/mol. The fourth-order valence-corrected chi connectivity index (χ4v) is 2.62. The third kappa shape index (κ3) is 4.59. The van der Waals surface area contributed by atoms with E-state index in [0.717, 1.165) is 24.1 Å². The highest BCUT2D eigenvalue weighted by molar-refractivity contribution is 5.92. The fourth-order valence-electron chi connectivity index (χ4n) is 2.62. The Hall–Kier alpha value is -2.29. The van der Waals surface area contributed by atoms with Crippen LogP contribution in [0.25, 0.3) is 0 Å². The largest absolute Gasteiger partial charge is 0.378 e. The molecule has 0 unspecified atom stereocenters. The molecule has 1 N–H and O–H groups in total. The Balaban J connectivity index is 1.95. The van der Waals surface area contributed by atoms with Gasteiger partial charge in [-0.05, 0) is 48.6 Å². The summed E-state index contributed by atoms with van der Waals surface area (Å²) in [5.74, 6) is 0.0747. The summed E-state index contributed by atoms with van der Waals surface area (Å²) in [5.41, 5.74) is 5.64.